The number of benzene rings is 2. The lowest BCUT2D eigenvalue weighted by Crippen LogP contribution is -2.30. The van der Waals surface area contributed by atoms with Gasteiger partial charge in [-0.25, -0.2) is 0 Å². The quantitative estimate of drug-likeness (QED) is 0.747. The molecule has 2 aromatic carbocycles. The number of carbonyl (C=O) groups excluding carboxylic acids is 1. The number of methoxy groups -OCH3 is 1. The Balaban J connectivity index is 1.82. The van der Waals surface area contributed by atoms with E-state index in [2.05, 4.69) is 10.3 Å². The van der Waals surface area contributed by atoms with Crippen LogP contribution >= 0.6 is 0 Å². The van der Waals surface area contributed by atoms with Crippen LogP contribution in [0, 0.1) is 13.8 Å². The van der Waals surface area contributed by atoms with Gasteiger partial charge in [-0.2, -0.15) is 0 Å². The average molecular weight is 350 g/mol. The van der Waals surface area contributed by atoms with Gasteiger partial charge in [-0.15, -0.1) is 0 Å². The molecule has 0 aliphatic rings. The van der Waals surface area contributed by atoms with Gasteiger partial charge in [0.2, 0.25) is 0 Å². The van der Waals surface area contributed by atoms with Crippen LogP contribution in [0.25, 0.3) is 10.9 Å². The molecule has 1 aromatic heterocycles. The van der Waals surface area contributed by atoms with Crippen molar-refractivity contribution in [2.75, 3.05) is 12.4 Å². The minimum atomic E-state index is -0.635. The minimum Gasteiger partial charge on any atom is -0.494 e. The zero-order valence-corrected chi connectivity index (χ0v) is 15.4. The fourth-order valence-electron chi connectivity index (χ4n) is 2.75. The largest absolute Gasteiger partial charge is 0.494 e. The predicted molar refractivity (Wildman–Crippen MR) is 103 cm³/mol. The number of aryl methyl sites for hydroxylation is 1. The van der Waals surface area contributed by atoms with Crippen molar-refractivity contribution in [3.8, 4) is 11.5 Å². The second-order valence-electron chi connectivity index (χ2n) is 6.16. The maximum atomic E-state index is 12.6. The first-order valence-corrected chi connectivity index (χ1v) is 8.46. The van der Waals surface area contributed by atoms with Crippen molar-refractivity contribution >= 4 is 22.5 Å². The molecule has 5 nitrogen and oxygen atoms in total. The Labute approximate surface area is 153 Å². The second-order valence-corrected chi connectivity index (χ2v) is 6.16. The van der Waals surface area contributed by atoms with Crippen LogP contribution in [0.2, 0.25) is 0 Å². The second kappa shape index (κ2) is 7.44. The van der Waals surface area contributed by atoms with Gasteiger partial charge in [0.1, 0.15) is 17.0 Å². The number of fused-ring (bicyclic) bond motifs is 1. The van der Waals surface area contributed by atoms with Crippen molar-refractivity contribution in [1.29, 1.82) is 0 Å². The van der Waals surface area contributed by atoms with E-state index in [9.17, 15) is 4.79 Å². The van der Waals surface area contributed by atoms with Gasteiger partial charge in [0.05, 0.1) is 12.8 Å². The molecule has 1 amide bonds. The highest BCUT2D eigenvalue weighted by molar-refractivity contribution is 6.04. The molecule has 3 aromatic rings. The van der Waals surface area contributed by atoms with E-state index in [1.165, 1.54) is 0 Å². The van der Waals surface area contributed by atoms with Crippen LogP contribution in [0.1, 0.15) is 18.1 Å². The molecule has 0 bridgehead atoms. The van der Waals surface area contributed by atoms with Gasteiger partial charge in [-0.3, -0.25) is 9.78 Å². The Hall–Kier alpha value is -3.08. The molecule has 134 valence electrons. The molecule has 0 aliphatic carbocycles. The van der Waals surface area contributed by atoms with Gasteiger partial charge in [-0.05, 0) is 62.2 Å². The van der Waals surface area contributed by atoms with Crippen molar-refractivity contribution in [2.45, 2.75) is 26.9 Å². The first-order valence-electron chi connectivity index (χ1n) is 8.46. The van der Waals surface area contributed by atoms with Crippen LogP contribution in [0.4, 0.5) is 5.69 Å². The number of nitrogens with one attached hydrogen (secondary N) is 1. The number of hydrogen-bond donors (Lipinski definition) is 1. The van der Waals surface area contributed by atoms with E-state index in [-0.39, 0.29) is 5.91 Å². The highest BCUT2D eigenvalue weighted by Gasteiger charge is 2.18. The summed E-state index contributed by atoms with van der Waals surface area (Å²) in [5, 5.41) is 3.75. The van der Waals surface area contributed by atoms with E-state index in [4.69, 9.17) is 9.47 Å². The average Bonchev–Trinajstić information content (AvgIpc) is 2.65. The van der Waals surface area contributed by atoms with Crippen LogP contribution in [-0.2, 0) is 4.79 Å². The number of amides is 1. The third kappa shape index (κ3) is 3.47. The first kappa shape index (κ1) is 17.7. The summed E-state index contributed by atoms with van der Waals surface area (Å²) in [5.74, 6) is 1.16. The molecule has 1 heterocycles. The van der Waals surface area contributed by atoms with Gasteiger partial charge < -0.3 is 14.8 Å². The third-order valence-corrected chi connectivity index (χ3v) is 4.44. The lowest BCUT2D eigenvalue weighted by atomic mass is 10.1. The van der Waals surface area contributed by atoms with Crippen LogP contribution in [0.15, 0.2) is 48.7 Å². The summed E-state index contributed by atoms with van der Waals surface area (Å²) >= 11 is 0. The van der Waals surface area contributed by atoms with Crippen molar-refractivity contribution < 1.29 is 14.3 Å². The maximum Gasteiger partial charge on any atom is 0.265 e. The van der Waals surface area contributed by atoms with Gasteiger partial charge >= 0.3 is 0 Å². The third-order valence-electron chi connectivity index (χ3n) is 4.44. The lowest BCUT2D eigenvalue weighted by molar-refractivity contribution is -0.122. The van der Waals surface area contributed by atoms with Crippen LogP contribution < -0.4 is 14.8 Å². The van der Waals surface area contributed by atoms with Crippen LogP contribution in [-0.4, -0.2) is 24.1 Å². The number of carbonyl (C=O) groups is 1. The summed E-state index contributed by atoms with van der Waals surface area (Å²) in [4.78, 5) is 17.0. The van der Waals surface area contributed by atoms with Gasteiger partial charge in [-0.1, -0.05) is 12.1 Å². The first-order chi connectivity index (χ1) is 12.5. The van der Waals surface area contributed by atoms with E-state index in [1.54, 1.807) is 26.3 Å². The molecule has 0 radical (unpaired) electrons. The Kier molecular flexibility index (Phi) is 5.07. The number of anilines is 1. The van der Waals surface area contributed by atoms with E-state index in [0.29, 0.717) is 22.7 Å². The molecule has 0 saturated heterocycles. The van der Waals surface area contributed by atoms with Crippen molar-refractivity contribution in [1.82, 2.24) is 4.98 Å². The van der Waals surface area contributed by atoms with Crippen molar-refractivity contribution in [2.24, 2.45) is 0 Å². The Morgan fingerprint density at radius 1 is 1.08 bits per heavy atom. The SMILES string of the molecule is COc1ccc(NC(=O)C(C)Oc2cccc(C)c2C)c2cccnc12. The Morgan fingerprint density at radius 2 is 1.88 bits per heavy atom. The van der Waals surface area contributed by atoms with Crippen molar-refractivity contribution in [3.63, 3.8) is 0 Å². The summed E-state index contributed by atoms with van der Waals surface area (Å²) in [6.45, 7) is 5.74. The standard InChI is InChI=1S/C21H22N2O3/c1-13-7-5-9-18(14(13)2)26-15(3)21(24)23-17-10-11-19(25-4)20-16(17)8-6-12-22-20/h5-12,15H,1-4H3,(H,23,24). The van der Waals surface area contributed by atoms with Gasteiger partial charge in [0.15, 0.2) is 6.10 Å². The predicted octanol–water partition coefficient (Wildman–Crippen LogP) is 4.27. The molecule has 0 aliphatic heterocycles. The lowest BCUT2D eigenvalue weighted by Gasteiger charge is -2.18. The molecule has 0 saturated carbocycles. The topological polar surface area (TPSA) is 60.5 Å². The monoisotopic (exact) mass is 350 g/mol. The molecule has 0 fully saturated rings. The highest BCUT2D eigenvalue weighted by atomic mass is 16.5. The van der Waals surface area contributed by atoms with E-state index >= 15 is 0 Å². The molecule has 1 atom stereocenters. The van der Waals surface area contributed by atoms with Crippen molar-refractivity contribution in [3.05, 3.63) is 59.8 Å². The smallest absolute Gasteiger partial charge is 0.265 e. The Morgan fingerprint density at radius 3 is 2.65 bits per heavy atom. The molecule has 3 rings (SSSR count). The zero-order chi connectivity index (χ0) is 18.7. The highest BCUT2D eigenvalue weighted by Crippen LogP contribution is 2.30. The number of pyridine rings is 1. The van der Waals surface area contributed by atoms with Gasteiger partial charge in [0, 0.05) is 11.6 Å². The van der Waals surface area contributed by atoms with E-state index < -0.39 is 6.10 Å². The summed E-state index contributed by atoms with van der Waals surface area (Å²) < 4.78 is 11.2. The summed E-state index contributed by atoms with van der Waals surface area (Å²) in [6.07, 6.45) is 1.06. The molecule has 1 unspecified atom stereocenters. The Bertz CT molecular complexity index is 953. The normalized spacial score (nSPS) is 11.8. The zero-order valence-electron chi connectivity index (χ0n) is 15.4. The molecule has 26 heavy (non-hydrogen) atoms. The van der Waals surface area contributed by atoms with Crippen LogP contribution in [0.3, 0.4) is 0 Å². The molecular weight excluding hydrogens is 328 g/mol. The molecule has 5 heteroatoms. The number of ether oxygens (including phenoxy) is 2. The number of nitrogens with zero attached hydrogens (tertiary/aromatic N) is 1. The van der Waals surface area contributed by atoms with Crippen LogP contribution in [0.5, 0.6) is 11.5 Å². The summed E-state index contributed by atoms with van der Waals surface area (Å²) in [5.41, 5.74) is 3.54. The summed E-state index contributed by atoms with van der Waals surface area (Å²) in [6, 6.07) is 13.1. The fourth-order valence-corrected chi connectivity index (χ4v) is 2.75. The number of rotatable bonds is 5. The molecule has 1 N–H and O–H groups in total. The molecule has 0 spiro atoms. The maximum absolute atomic E-state index is 12.6. The molecular formula is C21H22N2O3. The van der Waals surface area contributed by atoms with E-state index in [0.717, 1.165) is 16.5 Å². The summed E-state index contributed by atoms with van der Waals surface area (Å²) in [7, 11) is 1.60. The van der Waals surface area contributed by atoms with Gasteiger partial charge in [0.25, 0.3) is 5.91 Å². The number of aromatic nitrogens is 1. The fraction of sp³-hybridized carbons (Fsp3) is 0.238. The minimum absolute atomic E-state index is 0.221. The van der Waals surface area contributed by atoms with E-state index in [1.807, 2.05) is 50.2 Å². The number of hydrogen-bond acceptors (Lipinski definition) is 4.